The number of carbonyl (C=O) groups is 1. The van der Waals surface area contributed by atoms with Crippen LogP contribution in [-0.4, -0.2) is 62.2 Å². The van der Waals surface area contributed by atoms with Crippen molar-refractivity contribution in [2.75, 3.05) is 18.0 Å². The van der Waals surface area contributed by atoms with Gasteiger partial charge in [0, 0.05) is 24.5 Å². The number of benzene rings is 4. The third-order valence-electron chi connectivity index (χ3n) is 8.01. The lowest BCUT2D eigenvalue weighted by Gasteiger charge is -2.46. The summed E-state index contributed by atoms with van der Waals surface area (Å²) in [7, 11) is -4.39. The monoisotopic (exact) mass is 653 g/mol. The molecule has 0 bridgehead atoms. The molecule has 13 heteroatoms. The maximum atomic E-state index is 13.5. The first-order chi connectivity index (χ1) is 22.0. The molecular formula is C33H30F3N3O6S. The summed E-state index contributed by atoms with van der Waals surface area (Å²) < 4.78 is 76.9. The van der Waals surface area contributed by atoms with E-state index in [1.807, 2.05) is 53.4 Å². The summed E-state index contributed by atoms with van der Waals surface area (Å²) in [4.78, 5) is 16.5. The fraction of sp³-hybridized carbons (Fsp3) is 0.242. The molecule has 0 saturated carbocycles. The maximum absolute atomic E-state index is 13.5. The van der Waals surface area contributed by atoms with Crippen LogP contribution in [0.2, 0.25) is 0 Å². The molecule has 1 unspecified atom stereocenters. The van der Waals surface area contributed by atoms with Crippen molar-refractivity contribution in [2.24, 2.45) is 0 Å². The van der Waals surface area contributed by atoms with Crippen molar-refractivity contribution < 1.29 is 41.0 Å². The van der Waals surface area contributed by atoms with Gasteiger partial charge in [0.05, 0.1) is 23.1 Å². The largest absolute Gasteiger partial charge is 0.573 e. The number of anilines is 2. The van der Waals surface area contributed by atoms with Crippen LogP contribution in [0.25, 0.3) is 0 Å². The minimum atomic E-state index is -4.94. The number of ether oxygens (including phenoxy) is 2. The van der Waals surface area contributed by atoms with Crippen LogP contribution in [0.4, 0.5) is 29.3 Å². The first kappa shape index (κ1) is 31.4. The summed E-state index contributed by atoms with van der Waals surface area (Å²) in [6.07, 6.45) is -5.55. The van der Waals surface area contributed by atoms with Gasteiger partial charge in [0.25, 0.3) is 0 Å². The molecule has 46 heavy (non-hydrogen) atoms. The van der Waals surface area contributed by atoms with Crippen molar-refractivity contribution in [2.45, 2.75) is 42.3 Å². The summed E-state index contributed by atoms with van der Waals surface area (Å²) >= 11 is 0. The number of aliphatic hydroxyl groups excluding tert-OH is 1. The number of piperidine rings is 1. The highest BCUT2D eigenvalue weighted by atomic mass is 32.2. The second kappa shape index (κ2) is 12.7. The lowest BCUT2D eigenvalue weighted by molar-refractivity contribution is -0.274. The zero-order valence-electron chi connectivity index (χ0n) is 24.3. The molecule has 4 aromatic rings. The van der Waals surface area contributed by atoms with Crippen LogP contribution < -0.4 is 19.1 Å². The number of nitrogens with zero attached hydrogens (tertiary/aromatic N) is 2. The third-order valence-corrected chi connectivity index (χ3v) is 9.52. The lowest BCUT2D eigenvalue weighted by Crippen LogP contribution is -2.66. The Hall–Kier alpha value is -4.59. The number of hydrogen-bond acceptors (Lipinski definition) is 7. The van der Waals surface area contributed by atoms with Crippen LogP contribution in [0, 0.1) is 0 Å². The molecule has 0 radical (unpaired) electrons. The van der Waals surface area contributed by atoms with Crippen LogP contribution in [0.3, 0.4) is 0 Å². The van der Waals surface area contributed by atoms with E-state index >= 15 is 0 Å². The topological polar surface area (TPSA) is 108 Å². The van der Waals surface area contributed by atoms with E-state index in [4.69, 9.17) is 4.74 Å². The number of aryl methyl sites for hydroxylation is 2. The summed E-state index contributed by atoms with van der Waals surface area (Å²) in [6, 6.07) is 25.5. The fourth-order valence-corrected chi connectivity index (χ4v) is 7.17. The van der Waals surface area contributed by atoms with Crippen molar-refractivity contribution in [1.29, 1.82) is 0 Å². The quantitative estimate of drug-likeness (QED) is 0.287. The molecule has 240 valence electrons. The standard InChI is InChI=1S/C33H30F3N3O6S/c34-33(35,36)45-25-16-18-26(19-17-25)46(42,43)37-27-20-38(32(41)44-24-10-2-1-3-11-24)21-30(31(27)40)39-28-12-6-4-8-22(28)14-15-23-9-5-7-13-29(23)39/h1-13,16-19,27,30-31,37,40H,14-15,20-21H2/t27-,30?,31+/m1/s1. The van der Waals surface area contributed by atoms with Gasteiger partial charge in [-0.2, -0.15) is 0 Å². The Morgan fingerprint density at radius 2 is 1.35 bits per heavy atom. The molecule has 1 saturated heterocycles. The number of hydrogen-bond donors (Lipinski definition) is 2. The van der Waals surface area contributed by atoms with Crippen molar-refractivity contribution in [3.63, 3.8) is 0 Å². The Morgan fingerprint density at radius 3 is 1.93 bits per heavy atom. The number of nitrogens with one attached hydrogen (secondary N) is 1. The van der Waals surface area contributed by atoms with E-state index < -0.39 is 46.4 Å². The van der Waals surface area contributed by atoms with Crippen LogP contribution in [0.1, 0.15) is 11.1 Å². The van der Waals surface area contributed by atoms with Crippen LogP contribution in [0.5, 0.6) is 11.5 Å². The molecule has 0 aliphatic carbocycles. The van der Waals surface area contributed by atoms with Gasteiger partial charge in [-0.25, -0.2) is 17.9 Å². The van der Waals surface area contributed by atoms with Gasteiger partial charge in [-0.3, -0.25) is 0 Å². The number of alkyl halides is 3. The Balaban J connectivity index is 1.36. The predicted octanol–water partition coefficient (Wildman–Crippen LogP) is 5.41. The molecular weight excluding hydrogens is 623 g/mol. The minimum absolute atomic E-state index is 0.00277. The summed E-state index contributed by atoms with van der Waals surface area (Å²) in [5, 5.41) is 11.9. The van der Waals surface area contributed by atoms with Gasteiger partial charge in [-0.05, 0) is 72.5 Å². The van der Waals surface area contributed by atoms with E-state index in [1.54, 1.807) is 30.3 Å². The highest BCUT2D eigenvalue weighted by Gasteiger charge is 2.44. The van der Waals surface area contributed by atoms with Crippen LogP contribution >= 0.6 is 0 Å². The number of sulfonamides is 1. The normalized spacial score (nSPS) is 19.9. The summed E-state index contributed by atoms with van der Waals surface area (Å²) in [5.41, 5.74) is 3.68. The number of rotatable bonds is 6. The molecule has 2 aliphatic heterocycles. The number of para-hydroxylation sites is 3. The van der Waals surface area contributed by atoms with Gasteiger partial charge in [-0.1, -0.05) is 54.6 Å². The number of likely N-dealkylation sites (tertiary alicyclic amines) is 1. The molecule has 0 spiro atoms. The van der Waals surface area contributed by atoms with Gasteiger partial charge < -0.3 is 24.4 Å². The molecule has 2 heterocycles. The van der Waals surface area contributed by atoms with Crippen molar-refractivity contribution in [1.82, 2.24) is 9.62 Å². The maximum Gasteiger partial charge on any atom is 0.573 e. The van der Waals surface area contributed by atoms with Gasteiger partial charge in [0.1, 0.15) is 11.5 Å². The highest BCUT2D eigenvalue weighted by Crippen LogP contribution is 2.40. The Kier molecular flexibility index (Phi) is 8.64. The number of amides is 1. The summed E-state index contributed by atoms with van der Waals surface area (Å²) in [5.74, 6) is -0.295. The molecule has 0 aromatic heterocycles. The van der Waals surface area contributed by atoms with Crippen LogP contribution in [-0.2, 0) is 22.9 Å². The third kappa shape index (κ3) is 6.81. The summed E-state index contributed by atoms with van der Waals surface area (Å²) in [6.45, 7) is -0.244. The Labute approximate surface area is 263 Å². The molecule has 2 aliphatic rings. The number of carbonyl (C=O) groups excluding carboxylic acids is 1. The SMILES string of the molecule is O=C(Oc1ccccc1)N1CC(N2c3ccccc3CCc3ccccc32)[C@@H](O)[C@H](NS(=O)(=O)c2ccc(OC(F)(F)F)cc2)C1. The average molecular weight is 654 g/mol. The van der Waals surface area contributed by atoms with Crippen molar-refractivity contribution >= 4 is 27.5 Å². The van der Waals surface area contributed by atoms with Gasteiger partial charge in [0.15, 0.2) is 0 Å². The van der Waals surface area contributed by atoms with E-state index in [0.717, 1.165) is 59.6 Å². The fourth-order valence-electron chi connectivity index (χ4n) is 5.92. The molecule has 1 fully saturated rings. The minimum Gasteiger partial charge on any atom is -0.410 e. The second-order valence-corrected chi connectivity index (χ2v) is 12.7. The Bertz CT molecular complexity index is 1760. The molecule has 6 rings (SSSR count). The first-order valence-corrected chi connectivity index (χ1v) is 16.0. The number of halogens is 3. The molecule has 9 nitrogen and oxygen atoms in total. The van der Waals surface area contributed by atoms with E-state index in [2.05, 4.69) is 9.46 Å². The van der Waals surface area contributed by atoms with E-state index in [9.17, 15) is 31.5 Å². The Morgan fingerprint density at radius 1 is 0.783 bits per heavy atom. The smallest absolute Gasteiger partial charge is 0.410 e. The number of aliphatic hydroxyl groups is 1. The lowest BCUT2D eigenvalue weighted by atomic mass is 9.94. The molecule has 1 amide bonds. The highest BCUT2D eigenvalue weighted by molar-refractivity contribution is 7.89. The van der Waals surface area contributed by atoms with Crippen molar-refractivity contribution in [3.05, 3.63) is 114 Å². The first-order valence-electron chi connectivity index (χ1n) is 14.5. The van der Waals surface area contributed by atoms with E-state index in [1.165, 1.54) is 4.90 Å². The van der Waals surface area contributed by atoms with Gasteiger partial charge in [-0.15, -0.1) is 13.2 Å². The molecule has 3 atom stereocenters. The van der Waals surface area contributed by atoms with E-state index in [-0.39, 0.29) is 18.0 Å². The predicted molar refractivity (Wildman–Crippen MR) is 163 cm³/mol. The van der Waals surface area contributed by atoms with Gasteiger partial charge in [0.2, 0.25) is 10.0 Å². The van der Waals surface area contributed by atoms with Gasteiger partial charge >= 0.3 is 12.5 Å². The number of fused-ring (bicyclic) bond motifs is 2. The zero-order chi connectivity index (χ0) is 32.5. The van der Waals surface area contributed by atoms with Crippen LogP contribution in [0.15, 0.2) is 108 Å². The van der Waals surface area contributed by atoms with E-state index in [0.29, 0.717) is 5.75 Å². The average Bonchev–Trinajstić information content (AvgIpc) is 3.19. The zero-order valence-corrected chi connectivity index (χ0v) is 25.1. The molecule has 4 aromatic carbocycles. The second-order valence-electron chi connectivity index (χ2n) is 11.0. The van der Waals surface area contributed by atoms with Crippen molar-refractivity contribution in [3.8, 4) is 11.5 Å². The molecule has 2 N–H and O–H groups in total.